The number of amides is 2. The summed E-state index contributed by atoms with van der Waals surface area (Å²) in [6.45, 7) is 0. The predicted molar refractivity (Wildman–Crippen MR) is 92.6 cm³/mol. The van der Waals surface area contributed by atoms with Gasteiger partial charge in [-0.2, -0.15) is 0 Å². The van der Waals surface area contributed by atoms with Gasteiger partial charge >= 0.3 is 0 Å². The normalized spacial score (nSPS) is 10.3. The van der Waals surface area contributed by atoms with Gasteiger partial charge in [-0.25, -0.2) is 9.97 Å². The van der Waals surface area contributed by atoms with Gasteiger partial charge in [-0.15, -0.1) is 22.7 Å². The fourth-order valence-electron chi connectivity index (χ4n) is 1.85. The molecule has 0 aliphatic carbocycles. The van der Waals surface area contributed by atoms with E-state index >= 15 is 0 Å². The molecule has 122 valence electrons. The molecule has 0 unspecified atom stereocenters. The molecule has 0 radical (unpaired) electrons. The maximum Gasteiger partial charge on any atom is 0.267 e. The minimum Gasteiger partial charge on any atom is -0.504 e. The standard InChI is InChI=1S/C15H12N4O3S2/c20-10-3-1-5-16-13(10)18-12(21)7-9-8-24-15(17-9)19-14(22)11-4-2-6-23-11/h1-6,8,20H,7H2,(H,16,18,21)(H,17,19,22). The molecule has 0 aromatic carbocycles. The summed E-state index contributed by atoms with van der Waals surface area (Å²) in [5.41, 5.74) is 0.523. The van der Waals surface area contributed by atoms with E-state index in [2.05, 4.69) is 20.6 Å². The van der Waals surface area contributed by atoms with Gasteiger partial charge in [0.15, 0.2) is 16.7 Å². The van der Waals surface area contributed by atoms with Gasteiger partial charge in [-0.3, -0.25) is 14.9 Å². The Balaban J connectivity index is 1.58. The zero-order chi connectivity index (χ0) is 16.9. The van der Waals surface area contributed by atoms with E-state index in [1.807, 2.05) is 5.38 Å². The highest BCUT2D eigenvalue weighted by Gasteiger charge is 2.13. The molecule has 0 spiro atoms. The highest BCUT2D eigenvalue weighted by Crippen LogP contribution is 2.20. The van der Waals surface area contributed by atoms with Crippen LogP contribution in [0.25, 0.3) is 0 Å². The van der Waals surface area contributed by atoms with Crippen LogP contribution in [0.3, 0.4) is 0 Å². The molecule has 3 rings (SSSR count). The number of rotatable bonds is 5. The highest BCUT2D eigenvalue weighted by atomic mass is 32.1. The average molecular weight is 360 g/mol. The number of hydrogen-bond acceptors (Lipinski definition) is 7. The molecule has 3 aromatic rings. The number of thiazole rings is 1. The lowest BCUT2D eigenvalue weighted by atomic mass is 10.3. The van der Waals surface area contributed by atoms with Crippen molar-refractivity contribution < 1.29 is 14.7 Å². The number of hydrogen-bond donors (Lipinski definition) is 3. The number of thiophene rings is 1. The number of nitrogens with zero attached hydrogens (tertiary/aromatic N) is 2. The minimum atomic E-state index is -0.356. The first-order chi connectivity index (χ1) is 11.6. The summed E-state index contributed by atoms with van der Waals surface area (Å²) in [6, 6.07) is 6.52. The SMILES string of the molecule is O=C(Cc1csc(NC(=O)c2cccs2)n1)Nc1ncccc1O. The number of aromatic nitrogens is 2. The molecule has 3 aromatic heterocycles. The quantitative estimate of drug-likeness (QED) is 0.649. The van der Waals surface area contributed by atoms with Gasteiger partial charge in [-0.1, -0.05) is 6.07 Å². The van der Waals surface area contributed by atoms with Crippen LogP contribution in [-0.4, -0.2) is 26.9 Å². The third-order valence-corrected chi connectivity index (χ3v) is 4.58. The first-order valence-electron chi connectivity index (χ1n) is 6.85. The number of nitrogens with one attached hydrogen (secondary N) is 2. The topological polar surface area (TPSA) is 104 Å². The molecule has 0 saturated heterocycles. The van der Waals surface area contributed by atoms with Crippen LogP contribution in [0.4, 0.5) is 10.9 Å². The maximum absolute atomic E-state index is 12.0. The molecule has 0 bridgehead atoms. The van der Waals surface area contributed by atoms with Gasteiger partial charge in [0.25, 0.3) is 5.91 Å². The second kappa shape index (κ2) is 7.20. The number of carbonyl (C=O) groups is 2. The van der Waals surface area contributed by atoms with E-state index in [4.69, 9.17) is 0 Å². The Morgan fingerprint density at radius 2 is 2.04 bits per heavy atom. The Morgan fingerprint density at radius 1 is 1.17 bits per heavy atom. The molecule has 7 nitrogen and oxygen atoms in total. The Kier molecular flexibility index (Phi) is 4.82. The van der Waals surface area contributed by atoms with Crippen LogP contribution in [0.15, 0.2) is 41.2 Å². The molecule has 3 N–H and O–H groups in total. The molecule has 3 heterocycles. The summed E-state index contributed by atoms with van der Waals surface area (Å²) in [6.07, 6.45) is 1.48. The van der Waals surface area contributed by atoms with Crippen molar-refractivity contribution in [1.82, 2.24) is 9.97 Å². The van der Waals surface area contributed by atoms with E-state index in [0.717, 1.165) is 0 Å². The fraction of sp³-hybridized carbons (Fsp3) is 0.0667. The Labute approximate surface area is 145 Å². The second-order valence-electron chi connectivity index (χ2n) is 4.67. The monoisotopic (exact) mass is 360 g/mol. The molecule has 0 fully saturated rings. The molecule has 0 atom stereocenters. The Bertz CT molecular complexity index is 861. The van der Waals surface area contributed by atoms with Crippen molar-refractivity contribution >= 4 is 45.4 Å². The molecular weight excluding hydrogens is 348 g/mol. The zero-order valence-electron chi connectivity index (χ0n) is 12.2. The van der Waals surface area contributed by atoms with Crippen LogP contribution in [0.5, 0.6) is 5.75 Å². The van der Waals surface area contributed by atoms with Crippen molar-refractivity contribution in [1.29, 1.82) is 0 Å². The van der Waals surface area contributed by atoms with E-state index in [1.54, 1.807) is 23.6 Å². The van der Waals surface area contributed by atoms with E-state index < -0.39 is 0 Å². The van der Waals surface area contributed by atoms with Crippen LogP contribution in [-0.2, 0) is 11.2 Å². The molecule has 0 aliphatic heterocycles. The van der Waals surface area contributed by atoms with Crippen molar-refractivity contribution in [3.63, 3.8) is 0 Å². The molecule has 0 saturated carbocycles. The van der Waals surface area contributed by atoms with Gasteiger partial charge in [0.05, 0.1) is 17.0 Å². The van der Waals surface area contributed by atoms with E-state index in [-0.39, 0.29) is 29.8 Å². The van der Waals surface area contributed by atoms with Crippen molar-refractivity contribution in [3.05, 3.63) is 51.8 Å². The smallest absolute Gasteiger partial charge is 0.267 e. The number of anilines is 2. The third-order valence-electron chi connectivity index (χ3n) is 2.90. The highest BCUT2D eigenvalue weighted by molar-refractivity contribution is 7.14. The summed E-state index contributed by atoms with van der Waals surface area (Å²) in [7, 11) is 0. The van der Waals surface area contributed by atoms with Crippen LogP contribution in [0, 0.1) is 0 Å². The van der Waals surface area contributed by atoms with Gasteiger partial charge in [0.1, 0.15) is 0 Å². The van der Waals surface area contributed by atoms with Crippen molar-refractivity contribution in [2.24, 2.45) is 0 Å². The summed E-state index contributed by atoms with van der Waals surface area (Å²) in [5.74, 6) is -0.587. The first-order valence-corrected chi connectivity index (χ1v) is 8.61. The van der Waals surface area contributed by atoms with Gasteiger partial charge < -0.3 is 10.4 Å². The lowest BCUT2D eigenvalue weighted by Crippen LogP contribution is -2.15. The first kappa shape index (κ1) is 16.1. The fourth-order valence-corrected chi connectivity index (χ4v) is 3.17. The van der Waals surface area contributed by atoms with Crippen molar-refractivity contribution in [2.75, 3.05) is 10.6 Å². The van der Waals surface area contributed by atoms with Gasteiger partial charge in [0.2, 0.25) is 5.91 Å². The number of aromatic hydroxyl groups is 1. The predicted octanol–water partition coefficient (Wildman–Crippen LogP) is 2.74. The van der Waals surface area contributed by atoms with E-state index in [1.165, 1.54) is 34.9 Å². The lowest BCUT2D eigenvalue weighted by Gasteiger charge is -2.04. The summed E-state index contributed by atoms with van der Waals surface area (Å²) < 4.78 is 0. The number of carbonyl (C=O) groups excluding carboxylic acids is 2. The summed E-state index contributed by atoms with van der Waals surface area (Å²) in [5, 5.41) is 18.7. The number of pyridine rings is 1. The zero-order valence-corrected chi connectivity index (χ0v) is 13.9. The van der Waals surface area contributed by atoms with Crippen molar-refractivity contribution in [3.8, 4) is 5.75 Å². The Morgan fingerprint density at radius 3 is 2.79 bits per heavy atom. The Hall–Kier alpha value is -2.78. The van der Waals surface area contributed by atoms with Crippen LogP contribution in [0.2, 0.25) is 0 Å². The van der Waals surface area contributed by atoms with Gasteiger partial charge in [-0.05, 0) is 23.6 Å². The van der Waals surface area contributed by atoms with Gasteiger partial charge in [0, 0.05) is 11.6 Å². The van der Waals surface area contributed by atoms with Crippen molar-refractivity contribution in [2.45, 2.75) is 6.42 Å². The molecule has 0 aliphatic rings. The lowest BCUT2D eigenvalue weighted by molar-refractivity contribution is -0.115. The summed E-state index contributed by atoms with van der Waals surface area (Å²) in [4.78, 5) is 32.6. The van der Waals surface area contributed by atoms with Crippen LogP contribution in [0.1, 0.15) is 15.4 Å². The summed E-state index contributed by atoms with van der Waals surface area (Å²) >= 11 is 2.58. The van der Waals surface area contributed by atoms with Crippen LogP contribution >= 0.6 is 22.7 Å². The van der Waals surface area contributed by atoms with E-state index in [0.29, 0.717) is 15.7 Å². The third kappa shape index (κ3) is 3.94. The maximum atomic E-state index is 12.0. The largest absolute Gasteiger partial charge is 0.504 e. The molecular formula is C15H12N4O3S2. The molecule has 9 heteroatoms. The average Bonchev–Trinajstić information content (AvgIpc) is 3.21. The van der Waals surface area contributed by atoms with E-state index in [9.17, 15) is 14.7 Å². The molecule has 2 amide bonds. The van der Waals surface area contributed by atoms with Crippen LogP contribution < -0.4 is 10.6 Å². The minimum absolute atomic E-state index is 0.0153. The second-order valence-corrected chi connectivity index (χ2v) is 6.48. The molecule has 24 heavy (non-hydrogen) atoms.